The van der Waals surface area contributed by atoms with Crippen LogP contribution >= 0.6 is 0 Å². The van der Waals surface area contributed by atoms with E-state index < -0.39 is 17.6 Å². The molecule has 0 atom stereocenters. The maximum Gasteiger partial charge on any atom is 0.254 e. The molecule has 0 heterocycles. The van der Waals surface area contributed by atoms with Crippen LogP contribution in [0.3, 0.4) is 0 Å². The van der Waals surface area contributed by atoms with E-state index in [1.807, 2.05) is 0 Å². The van der Waals surface area contributed by atoms with Crippen molar-refractivity contribution < 1.29 is 14.0 Å². The summed E-state index contributed by atoms with van der Waals surface area (Å²) in [5, 5.41) is 2.54. The number of rotatable bonds is 5. The Kier molecular flexibility index (Phi) is 4.63. The van der Waals surface area contributed by atoms with E-state index in [0.29, 0.717) is 18.5 Å². The normalized spacial score (nSPS) is 10.0. The van der Waals surface area contributed by atoms with Gasteiger partial charge < -0.3 is 11.1 Å². The first kappa shape index (κ1) is 13.2. The van der Waals surface area contributed by atoms with Crippen LogP contribution in [-0.4, -0.2) is 18.4 Å². The number of nitrogens with one attached hydrogen (secondary N) is 1. The fourth-order valence-electron chi connectivity index (χ4n) is 1.38. The highest BCUT2D eigenvalue weighted by Gasteiger charge is 2.12. The molecule has 1 rings (SSSR count). The third kappa shape index (κ3) is 3.86. The van der Waals surface area contributed by atoms with Crippen molar-refractivity contribution in [3.05, 3.63) is 35.1 Å². The average Bonchev–Trinajstić information content (AvgIpc) is 2.27. The van der Waals surface area contributed by atoms with Crippen molar-refractivity contribution >= 4 is 11.8 Å². The highest BCUT2D eigenvalue weighted by molar-refractivity contribution is 5.94. The van der Waals surface area contributed by atoms with E-state index >= 15 is 0 Å². The van der Waals surface area contributed by atoms with Gasteiger partial charge >= 0.3 is 0 Å². The van der Waals surface area contributed by atoms with Crippen LogP contribution < -0.4 is 11.1 Å². The fourth-order valence-corrected chi connectivity index (χ4v) is 1.38. The molecule has 0 bridgehead atoms. The van der Waals surface area contributed by atoms with Crippen molar-refractivity contribution in [2.24, 2.45) is 5.73 Å². The van der Waals surface area contributed by atoms with Crippen molar-refractivity contribution in [3.63, 3.8) is 0 Å². The van der Waals surface area contributed by atoms with Gasteiger partial charge in [0.1, 0.15) is 5.82 Å². The lowest BCUT2D eigenvalue weighted by atomic mass is 10.1. The van der Waals surface area contributed by atoms with Crippen LogP contribution in [-0.2, 0) is 4.79 Å². The second kappa shape index (κ2) is 5.98. The van der Waals surface area contributed by atoms with Crippen LogP contribution in [0.2, 0.25) is 0 Å². The van der Waals surface area contributed by atoms with Crippen molar-refractivity contribution in [2.45, 2.75) is 19.8 Å². The molecule has 0 spiro atoms. The Hall–Kier alpha value is -1.91. The van der Waals surface area contributed by atoms with E-state index in [2.05, 4.69) is 5.32 Å². The number of aryl methyl sites for hydroxylation is 1. The Morgan fingerprint density at radius 1 is 1.41 bits per heavy atom. The Balaban J connectivity index is 2.53. The summed E-state index contributed by atoms with van der Waals surface area (Å²) in [5.41, 5.74) is 5.40. The number of amides is 2. The van der Waals surface area contributed by atoms with Crippen LogP contribution in [0.1, 0.15) is 28.8 Å². The molecule has 0 aromatic heterocycles. The molecule has 0 aliphatic carbocycles. The highest BCUT2D eigenvalue weighted by atomic mass is 19.1. The van der Waals surface area contributed by atoms with E-state index in [-0.39, 0.29) is 12.0 Å². The molecule has 5 heteroatoms. The first-order valence-corrected chi connectivity index (χ1v) is 5.34. The molecular formula is C12H15FN2O2. The fraction of sp³-hybridized carbons (Fsp3) is 0.333. The minimum Gasteiger partial charge on any atom is -0.370 e. The Morgan fingerprint density at radius 2 is 2.12 bits per heavy atom. The molecule has 0 saturated heterocycles. The molecule has 0 fully saturated rings. The molecule has 0 radical (unpaired) electrons. The van der Waals surface area contributed by atoms with Gasteiger partial charge in [-0.2, -0.15) is 0 Å². The molecule has 2 amide bonds. The number of hydrogen-bond acceptors (Lipinski definition) is 2. The summed E-state index contributed by atoms with van der Waals surface area (Å²) in [5.74, 6) is -1.41. The summed E-state index contributed by atoms with van der Waals surface area (Å²) >= 11 is 0. The standard InChI is InChI=1S/C12H15FN2O2/c1-8-4-2-5-9(11(8)13)12(17)15-7-3-6-10(14)16/h2,4-5H,3,6-7H2,1H3,(H2,14,16)(H,15,17). The van der Waals surface area contributed by atoms with Crippen LogP contribution in [0.5, 0.6) is 0 Å². The zero-order valence-corrected chi connectivity index (χ0v) is 9.63. The maximum atomic E-state index is 13.6. The van der Waals surface area contributed by atoms with Gasteiger partial charge in [-0.05, 0) is 25.0 Å². The van der Waals surface area contributed by atoms with Crippen molar-refractivity contribution in [1.29, 1.82) is 0 Å². The predicted octanol–water partition coefficient (Wildman–Crippen LogP) is 1.13. The zero-order valence-electron chi connectivity index (χ0n) is 9.63. The molecule has 0 saturated carbocycles. The smallest absolute Gasteiger partial charge is 0.254 e. The van der Waals surface area contributed by atoms with Crippen molar-refractivity contribution in [3.8, 4) is 0 Å². The quantitative estimate of drug-likeness (QED) is 0.755. The zero-order chi connectivity index (χ0) is 12.8. The Labute approximate surface area is 99.0 Å². The van der Waals surface area contributed by atoms with E-state index in [0.717, 1.165) is 0 Å². The van der Waals surface area contributed by atoms with Gasteiger partial charge in [0, 0.05) is 13.0 Å². The van der Waals surface area contributed by atoms with Gasteiger partial charge in [-0.1, -0.05) is 12.1 Å². The lowest BCUT2D eigenvalue weighted by Crippen LogP contribution is -2.26. The maximum absolute atomic E-state index is 13.6. The summed E-state index contributed by atoms with van der Waals surface area (Å²) in [7, 11) is 0. The lowest BCUT2D eigenvalue weighted by Gasteiger charge is -2.06. The van der Waals surface area contributed by atoms with Gasteiger partial charge in [0.05, 0.1) is 5.56 Å². The van der Waals surface area contributed by atoms with Gasteiger partial charge in [0.2, 0.25) is 5.91 Å². The van der Waals surface area contributed by atoms with Gasteiger partial charge in [-0.3, -0.25) is 9.59 Å². The third-order valence-electron chi connectivity index (χ3n) is 2.32. The van der Waals surface area contributed by atoms with E-state index in [4.69, 9.17) is 5.73 Å². The largest absolute Gasteiger partial charge is 0.370 e. The van der Waals surface area contributed by atoms with E-state index in [1.165, 1.54) is 6.07 Å². The average molecular weight is 238 g/mol. The molecule has 17 heavy (non-hydrogen) atoms. The molecular weight excluding hydrogens is 223 g/mol. The molecule has 0 aliphatic rings. The summed E-state index contributed by atoms with van der Waals surface area (Å²) < 4.78 is 13.6. The number of carbonyl (C=O) groups excluding carboxylic acids is 2. The number of hydrogen-bond donors (Lipinski definition) is 2. The number of halogens is 1. The summed E-state index contributed by atoms with van der Waals surface area (Å²) in [6, 6.07) is 4.64. The van der Waals surface area contributed by atoms with Crippen molar-refractivity contribution in [2.75, 3.05) is 6.54 Å². The molecule has 92 valence electrons. The van der Waals surface area contributed by atoms with Gasteiger partial charge in [-0.25, -0.2) is 4.39 Å². The minimum atomic E-state index is -0.514. The summed E-state index contributed by atoms with van der Waals surface area (Å²) in [6.45, 7) is 1.90. The molecule has 1 aromatic carbocycles. The molecule has 3 N–H and O–H groups in total. The monoisotopic (exact) mass is 238 g/mol. The summed E-state index contributed by atoms with van der Waals surface area (Å²) in [6.07, 6.45) is 0.658. The molecule has 0 unspecified atom stereocenters. The third-order valence-corrected chi connectivity index (χ3v) is 2.32. The Bertz CT molecular complexity index is 433. The SMILES string of the molecule is Cc1cccc(C(=O)NCCCC(N)=O)c1F. The highest BCUT2D eigenvalue weighted by Crippen LogP contribution is 2.11. The number of primary amides is 1. The van der Waals surface area contributed by atoms with Crippen LogP contribution in [0.4, 0.5) is 4.39 Å². The molecule has 0 aliphatic heterocycles. The van der Waals surface area contributed by atoms with Crippen molar-refractivity contribution in [1.82, 2.24) is 5.32 Å². The number of nitrogens with two attached hydrogens (primary N) is 1. The van der Waals surface area contributed by atoms with Crippen LogP contribution in [0.25, 0.3) is 0 Å². The number of benzene rings is 1. The Morgan fingerprint density at radius 3 is 2.76 bits per heavy atom. The number of carbonyl (C=O) groups is 2. The molecule has 4 nitrogen and oxygen atoms in total. The van der Waals surface area contributed by atoms with E-state index in [9.17, 15) is 14.0 Å². The predicted molar refractivity (Wildman–Crippen MR) is 61.9 cm³/mol. The topological polar surface area (TPSA) is 72.2 Å². The second-order valence-electron chi connectivity index (χ2n) is 3.76. The second-order valence-corrected chi connectivity index (χ2v) is 3.76. The van der Waals surface area contributed by atoms with E-state index in [1.54, 1.807) is 19.1 Å². The first-order chi connectivity index (χ1) is 8.02. The van der Waals surface area contributed by atoms with Gasteiger partial charge in [0.15, 0.2) is 0 Å². The van der Waals surface area contributed by atoms with Gasteiger partial charge in [-0.15, -0.1) is 0 Å². The van der Waals surface area contributed by atoms with Gasteiger partial charge in [0.25, 0.3) is 5.91 Å². The minimum absolute atomic E-state index is 0.0177. The van der Waals surface area contributed by atoms with Crippen LogP contribution in [0.15, 0.2) is 18.2 Å². The van der Waals surface area contributed by atoms with Crippen LogP contribution in [0, 0.1) is 12.7 Å². The summed E-state index contributed by atoms with van der Waals surface area (Å²) in [4.78, 5) is 22.1. The lowest BCUT2D eigenvalue weighted by molar-refractivity contribution is -0.118. The first-order valence-electron chi connectivity index (χ1n) is 5.34. The molecule has 1 aromatic rings.